The van der Waals surface area contributed by atoms with E-state index in [4.69, 9.17) is 17.3 Å². The van der Waals surface area contributed by atoms with Gasteiger partial charge in [0.05, 0.1) is 10.6 Å². The smallest absolute Gasteiger partial charge is 0.259 e. The first-order chi connectivity index (χ1) is 8.97. The summed E-state index contributed by atoms with van der Waals surface area (Å²) in [5.74, 6) is -0.0419. The van der Waals surface area contributed by atoms with Gasteiger partial charge in [-0.25, -0.2) is 0 Å². The van der Waals surface area contributed by atoms with Crippen molar-refractivity contribution in [2.24, 2.45) is 0 Å². The third kappa shape index (κ3) is 3.21. The molecule has 0 aliphatic rings. The van der Waals surface area contributed by atoms with Gasteiger partial charge < -0.3 is 5.73 Å². The Balaban J connectivity index is 2.16. The number of nitrogen functional groups attached to an aromatic ring is 1. The molecule has 3 N–H and O–H groups in total. The fraction of sp³-hybridized carbons (Fsp3) is 0.250. The van der Waals surface area contributed by atoms with E-state index in [1.165, 1.54) is 17.4 Å². The Labute approximate surface area is 119 Å². The summed E-state index contributed by atoms with van der Waals surface area (Å²) in [5.41, 5.74) is 6.45. The Morgan fingerprint density at radius 2 is 2.16 bits per heavy atom. The summed E-state index contributed by atoms with van der Waals surface area (Å²) in [4.78, 5) is 12.0. The van der Waals surface area contributed by atoms with Crippen LogP contribution < -0.4 is 11.1 Å². The van der Waals surface area contributed by atoms with Gasteiger partial charge in [-0.3, -0.25) is 10.1 Å². The largest absolute Gasteiger partial charge is 0.399 e. The minimum Gasteiger partial charge on any atom is -0.399 e. The van der Waals surface area contributed by atoms with E-state index in [0.29, 0.717) is 21.4 Å². The maximum Gasteiger partial charge on any atom is 0.259 e. The van der Waals surface area contributed by atoms with Gasteiger partial charge in [-0.05, 0) is 18.2 Å². The normalized spacial score (nSPS) is 10.7. The zero-order valence-corrected chi connectivity index (χ0v) is 12.0. The Morgan fingerprint density at radius 1 is 1.42 bits per heavy atom. The molecule has 0 saturated carbocycles. The molecule has 1 amide bonds. The molecule has 0 bridgehead atoms. The molecular weight excluding hydrogens is 284 g/mol. The van der Waals surface area contributed by atoms with Crippen LogP contribution in [-0.4, -0.2) is 16.1 Å². The number of carbonyl (C=O) groups is 1. The summed E-state index contributed by atoms with van der Waals surface area (Å²) in [7, 11) is 0. The zero-order chi connectivity index (χ0) is 14.0. The van der Waals surface area contributed by atoms with Crippen molar-refractivity contribution in [1.82, 2.24) is 10.2 Å². The highest BCUT2D eigenvalue weighted by atomic mass is 35.5. The van der Waals surface area contributed by atoms with E-state index < -0.39 is 0 Å². The van der Waals surface area contributed by atoms with Gasteiger partial charge in [-0.1, -0.05) is 36.8 Å². The molecule has 7 heteroatoms. The van der Waals surface area contributed by atoms with Crippen LogP contribution in [0.25, 0.3) is 0 Å². The molecule has 2 rings (SSSR count). The first-order valence-corrected chi connectivity index (χ1v) is 6.86. The molecule has 1 heterocycles. The monoisotopic (exact) mass is 296 g/mol. The van der Waals surface area contributed by atoms with E-state index in [9.17, 15) is 4.79 Å². The van der Waals surface area contributed by atoms with Gasteiger partial charge in [0.15, 0.2) is 0 Å². The summed E-state index contributed by atoms with van der Waals surface area (Å²) in [6.07, 6.45) is 0. The molecule has 0 aliphatic heterocycles. The van der Waals surface area contributed by atoms with Gasteiger partial charge in [0.2, 0.25) is 5.13 Å². The summed E-state index contributed by atoms with van der Waals surface area (Å²) < 4.78 is 0. The first kappa shape index (κ1) is 13.8. The summed E-state index contributed by atoms with van der Waals surface area (Å²) in [6, 6.07) is 4.74. The Kier molecular flexibility index (Phi) is 4.01. The van der Waals surface area contributed by atoms with E-state index in [2.05, 4.69) is 15.5 Å². The number of carbonyl (C=O) groups excluding carboxylic acids is 1. The van der Waals surface area contributed by atoms with E-state index >= 15 is 0 Å². The quantitative estimate of drug-likeness (QED) is 0.853. The van der Waals surface area contributed by atoms with Crippen molar-refractivity contribution in [2.75, 3.05) is 11.1 Å². The van der Waals surface area contributed by atoms with Crippen molar-refractivity contribution >= 4 is 39.7 Å². The molecular formula is C12H13ClN4OS. The maximum atomic E-state index is 12.0. The first-order valence-electron chi connectivity index (χ1n) is 5.67. The van der Waals surface area contributed by atoms with Crippen LogP contribution in [0.3, 0.4) is 0 Å². The SMILES string of the molecule is CC(C)c1nnc(NC(=O)c2ccc(N)cc2Cl)s1. The second-order valence-electron chi connectivity index (χ2n) is 4.29. The summed E-state index contributed by atoms with van der Waals surface area (Å²) in [5, 5.41) is 12.2. The van der Waals surface area contributed by atoms with Crippen molar-refractivity contribution in [3.05, 3.63) is 33.8 Å². The van der Waals surface area contributed by atoms with Crippen molar-refractivity contribution in [2.45, 2.75) is 19.8 Å². The second-order valence-corrected chi connectivity index (χ2v) is 5.71. The van der Waals surface area contributed by atoms with Crippen molar-refractivity contribution in [3.63, 3.8) is 0 Å². The lowest BCUT2D eigenvalue weighted by Gasteiger charge is -2.04. The van der Waals surface area contributed by atoms with Gasteiger partial charge >= 0.3 is 0 Å². The number of aromatic nitrogens is 2. The number of amides is 1. The molecule has 0 radical (unpaired) electrons. The number of rotatable bonds is 3. The predicted octanol–water partition coefficient (Wildman–Crippen LogP) is 3.15. The van der Waals surface area contributed by atoms with Gasteiger partial charge in [0, 0.05) is 11.6 Å². The molecule has 100 valence electrons. The Bertz CT molecular complexity index is 612. The molecule has 2 aromatic rings. The fourth-order valence-corrected chi connectivity index (χ4v) is 2.41. The fourth-order valence-electron chi connectivity index (χ4n) is 1.40. The number of halogens is 1. The van der Waals surface area contributed by atoms with Crippen molar-refractivity contribution in [3.8, 4) is 0 Å². The predicted molar refractivity (Wildman–Crippen MR) is 77.8 cm³/mol. The molecule has 1 aromatic carbocycles. The van der Waals surface area contributed by atoms with Gasteiger partial charge in [0.25, 0.3) is 5.91 Å². The van der Waals surface area contributed by atoms with E-state index in [0.717, 1.165) is 5.01 Å². The molecule has 0 atom stereocenters. The van der Waals surface area contributed by atoms with Crippen LogP contribution in [0.2, 0.25) is 5.02 Å². The molecule has 0 saturated heterocycles. The van der Waals surface area contributed by atoms with E-state index in [-0.39, 0.29) is 11.8 Å². The maximum absolute atomic E-state index is 12.0. The lowest BCUT2D eigenvalue weighted by atomic mass is 10.2. The van der Waals surface area contributed by atoms with Gasteiger partial charge in [-0.2, -0.15) is 0 Å². The lowest BCUT2D eigenvalue weighted by Crippen LogP contribution is -2.12. The highest BCUT2D eigenvalue weighted by Gasteiger charge is 2.14. The summed E-state index contributed by atoms with van der Waals surface area (Å²) >= 11 is 7.32. The van der Waals surface area contributed by atoms with Crippen LogP contribution in [0.4, 0.5) is 10.8 Å². The van der Waals surface area contributed by atoms with Crippen LogP contribution in [0.15, 0.2) is 18.2 Å². The molecule has 1 aromatic heterocycles. The van der Waals surface area contributed by atoms with E-state index in [1.807, 2.05) is 13.8 Å². The number of nitrogens with one attached hydrogen (secondary N) is 1. The highest BCUT2D eigenvalue weighted by molar-refractivity contribution is 7.15. The highest BCUT2D eigenvalue weighted by Crippen LogP contribution is 2.24. The van der Waals surface area contributed by atoms with Gasteiger partial charge in [0.1, 0.15) is 5.01 Å². The van der Waals surface area contributed by atoms with Crippen LogP contribution in [0.5, 0.6) is 0 Å². The average molecular weight is 297 g/mol. The number of benzene rings is 1. The molecule has 0 spiro atoms. The molecule has 5 nitrogen and oxygen atoms in total. The zero-order valence-electron chi connectivity index (χ0n) is 10.5. The molecule has 0 unspecified atom stereocenters. The number of nitrogens with zero attached hydrogens (tertiary/aromatic N) is 2. The average Bonchev–Trinajstić information content (AvgIpc) is 2.77. The molecule has 0 fully saturated rings. The van der Waals surface area contributed by atoms with Crippen LogP contribution >= 0.6 is 22.9 Å². The standard InChI is InChI=1S/C12H13ClN4OS/c1-6(2)11-16-17-12(19-11)15-10(18)8-4-3-7(14)5-9(8)13/h3-6H,14H2,1-2H3,(H,15,17,18). The third-order valence-electron chi connectivity index (χ3n) is 2.39. The number of nitrogens with two attached hydrogens (primary N) is 1. The van der Waals surface area contributed by atoms with Crippen LogP contribution in [-0.2, 0) is 0 Å². The van der Waals surface area contributed by atoms with Crippen LogP contribution in [0, 0.1) is 0 Å². The van der Waals surface area contributed by atoms with Crippen molar-refractivity contribution < 1.29 is 4.79 Å². The minimum atomic E-state index is -0.323. The number of hydrogen-bond acceptors (Lipinski definition) is 5. The number of hydrogen-bond donors (Lipinski definition) is 2. The second kappa shape index (κ2) is 5.54. The number of anilines is 2. The molecule has 0 aliphatic carbocycles. The van der Waals surface area contributed by atoms with E-state index in [1.54, 1.807) is 12.1 Å². The van der Waals surface area contributed by atoms with Gasteiger partial charge in [-0.15, -0.1) is 10.2 Å². The lowest BCUT2D eigenvalue weighted by molar-refractivity contribution is 0.102. The Morgan fingerprint density at radius 3 is 2.74 bits per heavy atom. The minimum absolute atomic E-state index is 0.281. The summed E-state index contributed by atoms with van der Waals surface area (Å²) in [6.45, 7) is 4.03. The Hall–Kier alpha value is -1.66. The third-order valence-corrected chi connectivity index (χ3v) is 3.84. The topological polar surface area (TPSA) is 80.9 Å². The molecule has 19 heavy (non-hydrogen) atoms. The van der Waals surface area contributed by atoms with Crippen molar-refractivity contribution in [1.29, 1.82) is 0 Å². The van der Waals surface area contributed by atoms with Crippen LogP contribution in [0.1, 0.15) is 35.1 Å².